The fourth-order valence-electron chi connectivity index (χ4n) is 7.35. The Kier molecular flexibility index (Phi) is 16.8. The van der Waals surface area contributed by atoms with E-state index in [1.165, 1.54) is 7.11 Å². The van der Waals surface area contributed by atoms with Crippen molar-refractivity contribution < 1.29 is 53.3 Å². The van der Waals surface area contributed by atoms with Crippen molar-refractivity contribution in [3.63, 3.8) is 0 Å². The molecule has 3 N–H and O–H groups in total. The standard InChI is InChI=1S/C36H62N2O11/c1-21-19-25(17-18-39)34(49-36-33(43)31(38(7)8)32(42)24(4)47-36)35(44-9)27(40)20-29(41)45-22(2)13-11-10-12-14-28(21)48-30-16-15-26(37(5)6)23(3)46-30/h10-12,14,18,21-28,30-36,40,42-43H,13,15-17,19-20H2,1-9H3/b11-10+,14-12+/t21-,22-,23-,24-,25?,26+,27-,28+,30+,31+,32-,33-,34+,35+,36+/m1/s1. The minimum Gasteiger partial charge on any atom is -0.462 e. The van der Waals surface area contributed by atoms with Crippen LogP contribution >= 0.6 is 0 Å². The van der Waals surface area contributed by atoms with Crippen LogP contribution in [0.2, 0.25) is 0 Å². The molecule has 13 nitrogen and oxygen atoms in total. The van der Waals surface area contributed by atoms with E-state index in [0.717, 1.165) is 19.1 Å². The molecule has 49 heavy (non-hydrogen) atoms. The van der Waals surface area contributed by atoms with Crippen molar-refractivity contribution in [2.24, 2.45) is 11.8 Å². The summed E-state index contributed by atoms with van der Waals surface area (Å²) in [5, 5.41) is 33.6. The predicted molar refractivity (Wildman–Crippen MR) is 182 cm³/mol. The lowest BCUT2D eigenvalue weighted by Crippen LogP contribution is -2.63. The maximum Gasteiger partial charge on any atom is 0.308 e. The number of carbonyl (C=O) groups is 2. The maximum atomic E-state index is 12.9. The van der Waals surface area contributed by atoms with Gasteiger partial charge in [-0.3, -0.25) is 4.79 Å². The molecule has 0 spiro atoms. The molecule has 0 aromatic carbocycles. The summed E-state index contributed by atoms with van der Waals surface area (Å²) in [6.07, 6.45) is 1.58. The van der Waals surface area contributed by atoms with Gasteiger partial charge in [0.25, 0.3) is 0 Å². The first-order chi connectivity index (χ1) is 23.2. The number of carbonyl (C=O) groups excluding carboxylic acids is 2. The third-order valence-electron chi connectivity index (χ3n) is 10.1. The van der Waals surface area contributed by atoms with E-state index in [1.807, 2.05) is 45.3 Å². The van der Waals surface area contributed by atoms with Gasteiger partial charge in [0.15, 0.2) is 12.6 Å². The molecule has 3 heterocycles. The first kappa shape index (κ1) is 41.6. The highest BCUT2D eigenvalue weighted by atomic mass is 16.7. The fraction of sp³-hybridized carbons (Fsp3) is 0.833. The van der Waals surface area contributed by atoms with E-state index in [2.05, 4.69) is 11.8 Å². The molecule has 15 atom stereocenters. The Morgan fingerprint density at radius 1 is 0.918 bits per heavy atom. The number of hydrogen-bond donors (Lipinski definition) is 3. The second-order valence-electron chi connectivity index (χ2n) is 14.4. The smallest absolute Gasteiger partial charge is 0.308 e. The molecular formula is C36H62N2O11. The number of nitrogens with zero attached hydrogens (tertiary/aromatic N) is 2. The van der Waals surface area contributed by atoms with Crippen LogP contribution in [-0.2, 0) is 38.0 Å². The van der Waals surface area contributed by atoms with Crippen molar-refractivity contribution in [1.29, 1.82) is 0 Å². The zero-order chi connectivity index (χ0) is 36.4. The van der Waals surface area contributed by atoms with Crippen LogP contribution in [0.1, 0.15) is 66.2 Å². The lowest BCUT2D eigenvalue weighted by atomic mass is 9.82. The van der Waals surface area contributed by atoms with Crippen LogP contribution in [-0.4, -0.2) is 152 Å². The summed E-state index contributed by atoms with van der Waals surface area (Å²) >= 11 is 0. The van der Waals surface area contributed by atoms with E-state index in [4.69, 9.17) is 28.4 Å². The van der Waals surface area contributed by atoms with Gasteiger partial charge < -0.3 is 58.3 Å². The molecule has 0 radical (unpaired) electrons. The van der Waals surface area contributed by atoms with Gasteiger partial charge in [-0.05, 0) is 80.1 Å². The van der Waals surface area contributed by atoms with Gasteiger partial charge in [-0.1, -0.05) is 31.2 Å². The average molecular weight is 699 g/mol. The van der Waals surface area contributed by atoms with Gasteiger partial charge in [0.05, 0.1) is 49.1 Å². The lowest BCUT2D eigenvalue weighted by Gasteiger charge is -2.46. The second-order valence-corrected chi connectivity index (χ2v) is 14.4. The largest absolute Gasteiger partial charge is 0.462 e. The summed E-state index contributed by atoms with van der Waals surface area (Å²) in [5.74, 6) is -1.35. The Balaban J connectivity index is 2.00. The normalized spacial score (nSPS) is 43.2. The Morgan fingerprint density at radius 2 is 1.63 bits per heavy atom. The molecule has 0 aromatic heterocycles. The van der Waals surface area contributed by atoms with E-state index in [1.54, 1.807) is 32.8 Å². The number of aliphatic hydroxyl groups excluding tert-OH is 3. The molecule has 1 unspecified atom stereocenters. The number of rotatable bonds is 9. The lowest BCUT2D eigenvalue weighted by molar-refractivity contribution is -0.309. The van der Waals surface area contributed by atoms with Gasteiger partial charge in [0, 0.05) is 26.0 Å². The van der Waals surface area contributed by atoms with Gasteiger partial charge in [0.1, 0.15) is 24.6 Å². The van der Waals surface area contributed by atoms with Crippen LogP contribution in [0.15, 0.2) is 24.3 Å². The Hall–Kier alpha value is -1.78. The summed E-state index contributed by atoms with van der Waals surface area (Å²) in [7, 11) is 8.97. The van der Waals surface area contributed by atoms with Crippen molar-refractivity contribution in [1.82, 2.24) is 9.80 Å². The highest BCUT2D eigenvalue weighted by Crippen LogP contribution is 2.34. The van der Waals surface area contributed by atoms with Gasteiger partial charge in [-0.25, -0.2) is 0 Å². The van der Waals surface area contributed by atoms with Crippen molar-refractivity contribution in [2.75, 3.05) is 35.3 Å². The molecule has 2 saturated heterocycles. The molecule has 0 saturated carbocycles. The third kappa shape index (κ3) is 11.6. The molecule has 2 fully saturated rings. The van der Waals surface area contributed by atoms with Gasteiger partial charge in [-0.15, -0.1) is 0 Å². The zero-order valence-corrected chi connectivity index (χ0v) is 30.8. The number of likely N-dealkylation sites (N-methyl/N-ethyl adjacent to an activating group) is 2. The van der Waals surface area contributed by atoms with Crippen LogP contribution in [0.3, 0.4) is 0 Å². The van der Waals surface area contributed by atoms with Crippen molar-refractivity contribution in [3.05, 3.63) is 24.3 Å². The highest BCUT2D eigenvalue weighted by molar-refractivity contribution is 5.70. The van der Waals surface area contributed by atoms with Crippen molar-refractivity contribution in [3.8, 4) is 0 Å². The van der Waals surface area contributed by atoms with Crippen LogP contribution in [0.5, 0.6) is 0 Å². The van der Waals surface area contributed by atoms with Crippen molar-refractivity contribution in [2.45, 2.75) is 146 Å². The minimum atomic E-state index is -1.37. The molecule has 0 amide bonds. The molecule has 282 valence electrons. The summed E-state index contributed by atoms with van der Waals surface area (Å²) in [4.78, 5) is 29.0. The predicted octanol–water partition coefficient (Wildman–Crippen LogP) is 2.05. The van der Waals surface area contributed by atoms with Gasteiger partial charge in [-0.2, -0.15) is 0 Å². The summed E-state index contributed by atoms with van der Waals surface area (Å²) in [5.41, 5.74) is 0. The first-order valence-corrected chi connectivity index (χ1v) is 17.7. The molecular weight excluding hydrogens is 636 g/mol. The van der Waals surface area contributed by atoms with Crippen LogP contribution < -0.4 is 0 Å². The van der Waals surface area contributed by atoms with Gasteiger partial charge >= 0.3 is 5.97 Å². The number of esters is 1. The molecule has 3 aliphatic rings. The van der Waals surface area contributed by atoms with Crippen LogP contribution in [0, 0.1) is 11.8 Å². The first-order valence-electron chi connectivity index (χ1n) is 17.7. The number of aliphatic hydroxyl groups is 3. The molecule has 3 rings (SSSR count). The molecule has 3 aliphatic heterocycles. The Bertz CT molecular complexity index is 1070. The number of aldehydes is 1. The Morgan fingerprint density at radius 3 is 2.24 bits per heavy atom. The number of hydrogen-bond acceptors (Lipinski definition) is 13. The quantitative estimate of drug-likeness (QED) is 0.238. The highest BCUT2D eigenvalue weighted by Gasteiger charge is 2.48. The number of ether oxygens (including phenoxy) is 6. The Labute approximate surface area is 292 Å². The third-order valence-corrected chi connectivity index (χ3v) is 10.1. The molecule has 13 heteroatoms. The molecule has 0 aliphatic carbocycles. The number of methoxy groups -OCH3 is 1. The van der Waals surface area contributed by atoms with Crippen LogP contribution in [0.4, 0.5) is 0 Å². The monoisotopic (exact) mass is 698 g/mol. The van der Waals surface area contributed by atoms with E-state index >= 15 is 0 Å². The van der Waals surface area contributed by atoms with E-state index < -0.39 is 79.3 Å². The topological polar surface area (TPSA) is 157 Å². The number of allylic oxidation sites excluding steroid dienone is 2. The summed E-state index contributed by atoms with van der Waals surface area (Å²) in [6.45, 7) is 7.53. The fourth-order valence-corrected chi connectivity index (χ4v) is 7.35. The molecule has 0 aromatic rings. The van der Waals surface area contributed by atoms with Gasteiger partial charge in [0.2, 0.25) is 0 Å². The summed E-state index contributed by atoms with van der Waals surface area (Å²) in [6, 6.07) is -0.434. The van der Waals surface area contributed by atoms with E-state index in [0.29, 0.717) is 12.8 Å². The SMILES string of the molecule is CO[C@H]1[C@H](O)CC(=O)O[C@H](C)C/C=C/C=C/[C@H](O[C@H]2CC[C@H](N(C)C)[C@@H](C)O2)[C@H](C)CC(CC=O)[C@@H]1O[C@@H]1O[C@H](C)[C@@H](O)[C@H](N(C)C)[C@H]1O. The average Bonchev–Trinajstić information content (AvgIpc) is 3.01. The number of cyclic esters (lactones) is 1. The molecule has 0 bridgehead atoms. The van der Waals surface area contributed by atoms with Crippen LogP contribution in [0.25, 0.3) is 0 Å². The van der Waals surface area contributed by atoms with E-state index in [9.17, 15) is 24.9 Å². The van der Waals surface area contributed by atoms with Crippen molar-refractivity contribution >= 4 is 12.3 Å². The zero-order valence-electron chi connectivity index (χ0n) is 30.8. The van der Waals surface area contributed by atoms with E-state index in [-0.39, 0.29) is 30.9 Å². The minimum absolute atomic E-state index is 0.0262. The maximum absolute atomic E-state index is 12.9. The summed E-state index contributed by atoms with van der Waals surface area (Å²) < 4.78 is 36.8. The second kappa shape index (κ2) is 19.7.